The molecular weight excluding hydrogens is 192 g/mol. The minimum atomic E-state index is 0.0180. The van der Waals surface area contributed by atoms with Gasteiger partial charge >= 0.3 is 0 Å². The summed E-state index contributed by atoms with van der Waals surface area (Å²) < 4.78 is 10.1. The molecular formula is C12H14O3. The molecule has 3 nitrogen and oxygen atoms in total. The molecule has 0 amide bonds. The number of aryl methyl sites for hydroxylation is 1. The maximum atomic E-state index is 9.65. The van der Waals surface area contributed by atoms with E-state index in [1.807, 2.05) is 0 Å². The highest BCUT2D eigenvalue weighted by atomic mass is 16.5. The number of phenolic OH excluding ortho intramolecular Hbond substituents is 1. The van der Waals surface area contributed by atoms with Crippen molar-refractivity contribution in [2.45, 2.75) is 12.8 Å². The van der Waals surface area contributed by atoms with Crippen LogP contribution >= 0.6 is 0 Å². The molecule has 3 heteroatoms. The second kappa shape index (κ2) is 5.16. The molecule has 80 valence electrons. The Morgan fingerprint density at radius 1 is 1.27 bits per heavy atom. The van der Waals surface area contributed by atoms with Gasteiger partial charge in [0.2, 0.25) is 5.75 Å². The number of phenols is 1. The zero-order chi connectivity index (χ0) is 11.3. The van der Waals surface area contributed by atoms with Gasteiger partial charge in [0, 0.05) is 6.42 Å². The molecule has 1 N–H and O–H groups in total. The van der Waals surface area contributed by atoms with Crippen LogP contribution in [0, 0.1) is 12.3 Å². The summed E-state index contributed by atoms with van der Waals surface area (Å²) in [7, 11) is 3.00. The molecule has 0 unspecified atom stereocenters. The van der Waals surface area contributed by atoms with E-state index >= 15 is 0 Å². The predicted molar refractivity (Wildman–Crippen MR) is 58.4 cm³/mol. The van der Waals surface area contributed by atoms with Gasteiger partial charge in [-0.25, -0.2) is 0 Å². The molecule has 0 aliphatic rings. The summed E-state index contributed by atoms with van der Waals surface area (Å²) >= 11 is 0. The number of terminal acetylenes is 1. The van der Waals surface area contributed by atoms with Gasteiger partial charge < -0.3 is 14.6 Å². The van der Waals surface area contributed by atoms with Crippen LogP contribution in [0.2, 0.25) is 0 Å². The first kappa shape index (κ1) is 11.3. The van der Waals surface area contributed by atoms with Crippen molar-refractivity contribution in [3.05, 3.63) is 17.7 Å². The molecule has 15 heavy (non-hydrogen) atoms. The van der Waals surface area contributed by atoms with Crippen LogP contribution in [0.25, 0.3) is 0 Å². The van der Waals surface area contributed by atoms with Crippen LogP contribution < -0.4 is 9.47 Å². The number of hydrogen-bond donors (Lipinski definition) is 1. The number of ether oxygens (including phenoxy) is 2. The molecule has 0 aliphatic carbocycles. The highest BCUT2D eigenvalue weighted by Crippen LogP contribution is 2.37. The molecule has 0 saturated heterocycles. The number of rotatable bonds is 4. The molecule has 1 aromatic carbocycles. The maximum Gasteiger partial charge on any atom is 0.200 e. The van der Waals surface area contributed by atoms with E-state index in [9.17, 15) is 5.11 Å². The highest BCUT2D eigenvalue weighted by molar-refractivity contribution is 5.52. The first-order valence-corrected chi connectivity index (χ1v) is 4.60. The van der Waals surface area contributed by atoms with Crippen LogP contribution in [0.4, 0.5) is 0 Å². The molecule has 1 aromatic rings. The summed E-state index contributed by atoms with van der Waals surface area (Å²) in [6, 6.07) is 3.52. The van der Waals surface area contributed by atoms with E-state index in [2.05, 4.69) is 5.92 Å². The van der Waals surface area contributed by atoms with E-state index in [1.165, 1.54) is 14.2 Å². The average Bonchev–Trinajstić information content (AvgIpc) is 2.27. The lowest BCUT2D eigenvalue weighted by atomic mass is 10.1. The Labute approximate surface area is 89.6 Å². The lowest BCUT2D eigenvalue weighted by Crippen LogP contribution is -1.92. The van der Waals surface area contributed by atoms with Crippen LogP contribution in [0.5, 0.6) is 17.2 Å². The van der Waals surface area contributed by atoms with Crippen molar-refractivity contribution < 1.29 is 14.6 Å². The highest BCUT2D eigenvalue weighted by Gasteiger charge is 2.10. The summed E-state index contributed by atoms with van der Waals surface area (Å²) in [6.45, 7) is 0. The lowest BCUT2D eigenvalue weighted by molar-refractivity contribution is 0.339. The van der Waals surface area contributed by atoms with Crippen molar-refractivity contribution in [2.75, 3.05) is 14.2 Å². The number of methoxy groups -OCH3 is 2. The number of aromatic hydroxyl groups is 1. The van der Waals surface area contributed by atoms with Crippen molar-refractivity contribution in [2.24, 2.45) is 0 Å². The van der Waals surface area contributed by atoms with E-state index in [0.29, 0.717) is 17.9 Å². The molecule has 0 bridgehead atoms. The summed E-state index contributed by atoms with van der Waals surface area (Å²) in [6.07, 6.45) is 6.57. The Hall–Kier alpha value is -1.82. The van der Waals surface area contributed by atoms with E-state index in [4.69, 9.17) is 15.9 Å². The maximum absolute atomic E-state index is 9.65. The Morgan fingerprint density at radius 2 is 1.80 bits per heavy atom. The van der Waals surface area contributed by atoms with Gasteiger partial charge in [0.05, 0.1) is 14.2 Å². The fourth-order valence-electron chi connectivity index (χ4n) is 1.31. The monoisotopic (exact) mass is 206 g/mol. The second-order valence-electron chi connectivity index (χ2n) is 3.05. The van der Waals surface area contributed by atoms with Gasteiger partial charge in [0.1, 0.15) is 0 Å². The average molecular weight is 206 g/mol. The Balaban J connectivity index is 3.04. The van der Waals surface area contributed by atoms with Crippen LogP contribution in [0.15, 0.2) is 12.1 Å². The quantitative estimate of drug-likeness (QED) is 0.765. The van der Waals surface area contributed by atoms with E-state index in [1.54, 1.807) is 12.1 Å². The standard InChI is InChI=1S/C12H14O3/c1-4-5-6-9-7-10(14-2)12(13)11(8-9)15-3/h1,7-8,13H,5-6H2,2-3H3. The third kappa shape index (κ3) is 2.57. The number of hydrogen-bond acceptors (Lipinski definition) is 3. The van der Waals surface area contributed by atoms with Gasteiger partial charge in [-0.05, 0) is 24.1 Å². The predicted octanol–water partition coefficient (Wildman–Crippen LogP) is 1.98. The van der Waals surface area contributed by atoms with Gasteiger partial charge in [-0.3, -0.25) is 0 Å². The van der Waals surface area contributed by atoms with E-state index < -0.39 is 0 Å². The molecule has 0 radical (unpaired) electrons. The summed E-state index contributed by atoms with van der Waals surface area (Å²) in [5.41, 5.74) is 0.986. The molecule has 0 aromatic heterocycles. The van der Waals surface area contributed by atoms with E-state index in [0.717, 1.165) is 12.0 Å². The molecule has 0 heterocycles. The summed E-state index contributed by atoms with van der Waals surface area (Å²) in [4.78, 5) is 0. The minimum Gasteiger partial charge on any atom is -0.502 e. The third-order valence-corrected chi connectivity index (χ3v) is 2.10. The second-order valence-corrected chi connectivity index (χ2v) is 3.05. The minimum absolute atomic E-state index is 0.0180. The van der Waals surface area contributed by atoms with Crippen LogP contribution in [0.1, 0.15) is 12.0 Å². The molecule has 0 spiro atoms. The van der Waals surface area contributed by atoms with Gasteiger partial charge in [-0.1, -0.05) is 0 Å². The van der Waals surface area contributed by atoms with Gasteiger partial charge in [0.15, 0.2) is 11.5 Å². The molecule has 0 fully saturated rings. The summed E-state index contributed by atoms with van der Waals surface area (Å²) in [5, 5.41) is 9.65. The van der Waals surface area contributed by atoms with Crippen LogP contribution in [-0.2, 0) is 6.42 Å². The number of benzene rings is 1. The van der Waals surface area contributed by atoms with Crippen molar-refractivity contribution in [3.63, 3.8) is 0 Å². The van der Waals surface area contributed by atoms with Crippen molar-refractivity contribution in [3.8, 4) is 29.6 Å². The molecule has 1 rings (SSSR count). The van der Waals surface area contributed by atoms with Crippen molar-refractivity contribution >= 4 is 0 Å². The fourth-order valence-corrected chi connectivity index (χ4v) is 1.31. The topological polar surface area (TPSA) is 38.7 Å². The Kier molecular flexibility index (Phi) is 3.87. The smallest absolute Gasteiger partial charge is 0.200 e. The van der Waals surface area contributed by atoms with Gasteiger partial charge in [-0.2, -0.15) is 0 Å². The molecule has 0 aliphatic heterocycles. The zero-order valence-electron chi connectivity index (χ0n) is 8.91. The zero-order valence-corrected chi connectivity index (χ0v) is 8.91. The third-order valence-electron chi connectivity index (χ3n) is 2.10. The summed E-state index contributed by atoms with van der Waals surface area (Å²) in [5.74, 6) is 3.39. The fraction of sp³-hybridized carbons (Fsp3) is 0.333. The first-order chi connectivity index (χ1) is 7.22. The van der Waals surface area contributed by atoms with Crippen molar-refractivity contribution in [1.82, 2.24) is 0 Å². The van der Waals surface area contributed by atoms with E-state index in [-0.39, 0.29) is 5.75 Å². The normalized spacial score (nSPS) is 9.40. The molecule has 0 atom stereocenters. The van der Waals surface area contributed by atoms with Gasteiger partial charge in [-0.15, -0.1) is 12.3 Å². The lowest BCUT2D eigenvalue weighted by Gasteiger charge is -2.10. The largest absolute Gasteiger partial charge is 0.502 e. The van der Waals surface area contributed by atoms with Crippen molar-refractivity contribution in [1.29, 1.82) is 0 Å². The van der Waals surface area contributed by atoms with Crippen LogP contribution in [0.3, 0.4) is 0 Å². The SMILES string of the molecule is C#CCCc1cc(OC)c(O)c(OC)c1. The van der Waals surface area contributed by atoms with Gasteiger partial charge in [0.25, 0.3) is 0 Å². The Morgan fingerprint density at radius 3 is 2.20 bits per heavy atom. The molecule has 0 saturated carbocycles. The van der Waals surface area contributed by atoms with Crippen LogP contribution in [-0.4, -0.2) is 19.3 Å². The Bertz CT molecular complexity index is 352. The first-order valence-electron chi connectivity index (χ1n) is 4.60.